The number of nitrogens with zero attached hydrogens (tertiary/aromatic N) is 2. The molecule has 2 aromatic rings. The molecule has 1 saturated heterocycles. The lowest BCUT2D eigenvalue weighted by atomic mass is 10.1. The first kappa shape index (κ1) is 22.1. The summed E-state index contributed by atoms with van der Waals surface area (Å²) in [5.74, 6) is -0.854. The van der Waals surface area contributed by atoms with Gasteiger partial charge in [0.1, 0.15) is 5.70 Å². The van der Waals surface area contributed by atoms with Crippen molar-refractivity contribution in [1.82, 2.24) is 15.5 Å². The van der Waals surface area contributed by atoms with Gasteiger partial charge in [-0.25, -0.2) is 0 Å². The van der Waals surface area contributed by atoms with E-state index >= 15 is 0 Å². The number of ether oxygens (including phenoxy) is 1. The predicted molar refractivity (Wildman–Crippen MR) is 115 cm³/mol. The molecule has 1 aliphatic heterocycles. The van der Waals surface area contributed by atoms with Crippen LogP contribution in [0.5, 0.6) is 0 Å². The van der Waals surface area contributed by atoms with E-state index in [1.807, 2.05) is 0 Å². The van der Waals surface area contributed by atoms with E-state index in [1.54, 1.807) is 30.3 Å². The molecule has 31 heavy (non-hydrogen) atoms. The molecule has 0 spiro atoms. The fourth-order valence-corrected chi connectivity index (χ4v) is 3.05. The second-order valence-corrected chi connectivity index (χ2v) is 6.94. The summed E-state index contributed by atoms with van der Waals surface area (Å²) >= 11 is 0. The third-order valence-electron chi connectivity index (χ3n) is 4.76. The standard InChI is InChI=1S/C22H24N4O5/c27-21(18-4-2-1-3-5-18)24-20(16-17-6-8-19(9-7-17)26(29)30)22(28)23-10-11-25-12-14-31-15-13-25/h1-9,16H,10-15H2,(H,23,28)(H,24,27). The molecule has 0 atom stereocenters. The Bertz CT molecular complexity index is 938. The van der Waals surface area contributed by atoms with Gasteiger partial charge >= 0.3 is 0 Å². The van der Waals surface area contributed by atoms with Crippen LogP contribution in [0.2, 0.25) is 0 Å². The number of rotatable bonds is 8. The molecule has 1 fully saturated rings. The van der Waals surface area contributed by atoms with Crippen molar-refractivity contribution < 1.29 is 19.2 Å². The highest BCUT2D eigenvalue weighted by molar-refractivity contribution is 6.05. The fraction of sp³-hybridized carbons (Fsp3) is 0.273. The van der Waals surface area contributed by atoms with Gasteiger partial charge in [-0.1, -0.05) is 18.2 Å². The van der Waals surface area contributed by atoms with Crippen molar-refractivity contribution in [3.05, 3.63) is 81.5 Å². The average Bonchev–Trinajstić information content (AvgIpc) is 2.80. The molecule has 0 aromatic heterocycles. The van der Waals surface area contributed by atoms with Gasteiger partial charge in [0.25, 0.3) is 17.5 Å². The summed E-state index contributed by atoms with van der Waals surface area (Å²) < 4.78 is 5.31. The van der Waals surface area contributed by atoms with Crippen molar-refractivity contribution in [2.75, 3.05) is 39.4 Å². The van der Waals surface area contributed by atoms with Gasteiger partial charge in [0.2, 0.25) is 0 Å². The Morgan fingerprint density at radius 3 is 2.39 bits per heavy atom. The molecule has 0 saturated carbocycles. The van der Waals surface area contributed by atoms with Crippen molar-refractivity contribution in [3.8, 4) is 0 Å². The molecule has 162 valence electrons. The zero-order chi connectivity index (χ0) is 22.1. The molecule has 2 aromatic carbocycles. The SMILES string of the molecule is O=C(NCCN1CCOCC1)C(=Cc1ccc([N+](=O)[O-])cc1)NC(=O)c1ccccc1. The number of hydrogen-bond acceptors (Lipinski definition) is 6. The first-order valence-corrected chi connectivity index (χ1v) is 9.94. The lowest BCUT2D eigenvalue weighted by molar-refractivity contribution is -0.384. The van der Waals surface area contributed by atoms with Gasteiger partial charge in [-0.15, -0.1) is 0 Å². The average molecular weight is 424 g/mol. The monoisotopic (exact) mass is 424 g/mol. The number of carbonyl (C=O) groups is 2. The predicted octanol–water partition coefficient (Wildman–Crippen LogP) is 1.81. The summed E-state index contributed by atoms with van der Waals surface area (Å²) in [5, 5.41) is 16.3. The zero-order valence-electron chi connectivity index (χ0n) is 17.0. The van der Waals surface area contributed by atoms with Crippen molar-refractivity contribution in [1.29, 1.82) is 0 Å². The summed E-state index contributed by atoms with van der Waals surface area (Å²) in [7, 11) is 0. The van der Waals surface area contributed by atoms with Crippen LogP contribution >= 0.6 is 0 Å². The minimum absolute atomic E-state index is 0.0537. The fourth-order valence-electron chi connectivity index (χ4n) is 3.05. The van der Waals surface area contributed by atoms with E-state index in [9.17, 15) is 19.7 Å². The molecule has 0 aliphatic carbocycles. The normalized spacial score (nSPS) is 14.6. The minimum Gasteiger partial charge on any atom is -0.379 e. The van der Waals surface area contributed by atoms with Crippen molar-refractivity contribution in [2.24, 2.45) is 0 Å². The third kappa shape index (κ3) is 6.73. The summed E-state index contributed by atoms with van der Waals surface area (Å²) in [6, 6.07) is 14.3. The molecule has 2 amide bonds. The molecule has 0 radical (unpaired) electrons. The van der Waals surface area contributed by atoms with Gasteiger partial charge in [0.15, 0.2) is 0 Å². The highest BCUT2D eigenvalue weighted by Crippen LogP contribution is 2.14. The summed E-state index contributed by atoms with van der Waals surface area (Å²) in [4.78, 5) is 37.9. The van der Waals surface area contributed by atoms with E-state index in [0.717, 1.165) is 13.1 Å². The van der Waals surface area contributed by atoms with Gasteiger partial charge in [-0.05, 0) is 35.9 Å². The topological polar surface area (TPSA) is 114 Å². The molecular weight excluding hydrogens is 400 g/mol. The van der Waals surface area contributed by atoms with Gasteiger partial charge in [-0.2, -0.15) is 0 Å². The summed E-state index contributed by atoms with van der Waals surface area (Å²) in [6.07, 6.45) is 1.49. The number of hydrogen-bond donors (Lipinski definition) is 2. The molecular formula is C22H24N4O5. The third-order valence-corrected chi connectivity index (χ3v) is 4.76. The quantitative estimate of drug-likeness (QED) is 0.380. The van der Waals surface area contributed by atoms with Gasteiger partial charge in [-0.3, -0.25) is 24.6 Å². The van der Waals surface area contributed by atoms with E-state index in [4.69, 9.17) is 4.74 Å². The van der Waals surface area contributed by atoms with E-state index in [0.29, 0.717) is 37.4 Å². The van der Waals surface area contributed by atoms with Crippen molar-refractivity contribution >= 4 is 23.6 Å². The first-order valence-electron chi connectivity index (χ1n) is 9.94. The number of carbonyl (C=O) groups excluding carboxylic acids is 2. The Labute approximate surface area is 179 Å². The molecule has 2 N–H and O–H groups in total. The number of amides is 2. The number of benzene rings is 2. The first-order chi connectivity index (χ1) is 15.0. The second-order valence-electron chi connectivity index (χ2n) is 6.94. The van der Waals surface area contributed by atoms with E-state index in [2.05, 4.69) is 15.5 Å². The Hall–Kier alpha value is -3.56. The molecule has 0 bridgehead atoms. The van der Waals surface area contributed by atoms with Crippen LogP contribution in [0.4, 0.5) is 5.69 Å². The van der Waals surface area contributed by atoms with Crippen LogP contribution < -0.4 is 10.6 Å². The summed E-state index contributed by atoms with van der Waals surface area (Å²) in [6.45, 7) is 4.06. The minimum atomic E-state index is -0.496. The van der Waals surface area contributed by atoms with Crippen LogP contribution in [-0.4, -0.2) is 61.0 Å². The van der Waals surface area contributed by atoms with Crippen LogP contribution in [0.3, 0.4) is 0 Å². The number of nitro benzene ring substituents is 1. The molecule has 1 heterocycles. The van der Waals surface area contributed by atoms with E-state index in [1.165, 1.54) is 30.3 Å². The van der Waals surface area contributed by atoms with E-state index < -0.39 is 16.7 Å². The highest BCUT2D eigenvalue weighted by atomic mass is 16.6. The molecule has 3 rings (SSSR count). The Kier molecular flexibility index (Phi) is 7.85. The lowest BCUT2D eigenvalue weighted by Crippen LogP contribution is -2.42. The Morgan fingerprint density at radius 1 is 1.06 bits per heavy atom. The zero-order valence-corrected chi connectivity index (χ0v) is 17.0. The maximum atomic E-state index is 12.8. The van der Waals surface area contributed by atoms with Gasteiger partial charge in [0, 0.05) is 43.9 Å². The molecule has 9 nitrogen and oxygen atoms in total. The van der Waals surface area contributed by atoms with Gasteiger partial charge < -0.3 is 15.4 Å². The van der Waals surface area contributed by atoms with E-state index in [-0.39, 0.29) is 11.4 Å². The van der Waals surface area contributed by atoms with Crippen LogP contribution in [0.25, 0.3) is 6.08 Å². The number of non-ortho nitro benzene ring substituents is 1. The smallest absolute Gasteiger partial charge is 0.269 e. The van der Waals surface area contributed by atoms with Crippen LogP contribution in [0, 0.1) is 10.1 Å². The second kappa shape index (κ2) is 11.0. The number of nitrogens with one attached hydrogen (secondary N) is 2. The van der Waals surface area contributed by atoms with Crippen molar-refractivity contribution in [3.63, 3.8) is 0 Å². The largest absolute Gasteiger partial charge is 0.379 e. The maximum Gasteiger partial charge on any atom is 0.269 e. The van der Waals surface area contributed by atoms with Crippen LogP contribution in [0.1, 0.15) is 15.9 Å². The summed E-state index contributed by atoms with van der Waals surface area (Å²) in [5.41, 5.74) is 0.974. The van der Waals surface area contributed by atoms with Crippen LogP contribution in [0.15, 0.2) is 60.3 Å². The molecule has 9 heteroatoms. The number of nitro groups is 1. The Morgan fingerprint density at radius 2 is 1.74 bits per heavy atom. The Balaban J connectivity index is 1.71. The number of morpholine rings is 1. The maximum absolute atomic E-state index is 12.8. The highest BCUT2D eigenvalue weighted by Gasteiger charge is 2.16. The molecule has 0 unspecified atom stereocenters. The van der Waals surface area contributed by atoms with Crippen molar-refractivity contribution in [2.45, 2.75) is 0 Å². The van der Waals surface area contributed by atoms with Gasteiger partial charge in [0.05, 0.1) is 18.1 Å². The lowest BCUT2D eigenvalue weighted by Gasteiger charge is -2.26. The van der Waals surface area contributed by atoms with Crippen LogP contribution in [-0.2, 0) is 9.53 Å². The molecule has 1 aliphatic rings.